The maximum atomic E-state index is 13.0. The quantitative estimate of drug-likeness (QED) is 0.825. The lowest BCUT2D eigenvalue weighted by molar-refractivity contribution is 0.160. The maximum Gasteiger partial charge on any atom is 0.123 e. The van der Waals surface area contributed by atoms with Crippen LogP contribution in [-0.2, 0) is 0 Å². The average molecular weight is 239 g/mol. The summed E-state index contributed by atoms with van der Waals surface area (Å²) in [5, 5.41) is 0. The van der Waals surface area contributed by atoms with Crippen LogP contribution in [0.25, 0.3) is 0 Å². The molecule has 2 unspecified atom stereocenters. The van der Waals surface area contributed by atoms with Crippen molar-refractivity contribution in [2.45, 2.75) is 52.2 Å². The summed E-state index contributed by atoms with van der Waals surface area (Å²) in [7, 11) is 0. The van der Waals surface area contributed by atoms with Crippen molar-refractivity contribution in [1.82, 2.24) is 0 Å². The molecule has 96 valence electrons. The van der Waals surface area contributed by atoms with E-state index in [9.17, 15) is 4.39 Å². The van der Waals surface area contributed by atoms with Gasteiger partial charge in [0.2, 0.25) is 0 Å². The molecule has 3 heteroatoms. The molecule has 0 spiro atoms. The zero-order valence-electron chi connectivity index (χ0n) is 10.9. The van der Waals surface area contributed by atoms with Crippen LogP contribution in [0, 0.1) is 12.7 Å². The van der Waals surface area contributed by atoms with Crippen molar-refractivity contribution in [1.29, 1.82) is 0 Å². The predicted molar refractivity (Wildman–Crippen MR) is 68.7 cm³/mol. The van der Waals surface area contributed by atoms with Crippen LogP contribution >= 0.6 is 0 Å². The minimum atomic E-state index is -0.235. The summed E-state index contributed by atoms with van der Waals surface area (Å²) in [6.45, 7) is 6.01. The number of hydrogen-bond donors (Lipinski definition) is 1. The fourth-order valence-corrected chi connectivity index (χ4v) is 1.90. The Morgan fingerprint density at radius 3 is 2.59 bits per heavy atom. The minimum Gasteiger partial charge on any atom is -0.489 e. The molecule has 0 saturated heterocycles. The molecule has 0 bridgehead atoms. The monoisotopic (exact) mass is 239 g/mol. The van der Waals surface area contributed by atoms with Gasteiger partial charge in [-0.1, -0.05) is 20.3 Å². The molecule has 0 fully saturated rings. The van der Waals surface area contributed by atoms with Crippen LogP contribution in [0.5, 0.6) is 5.75 Å². The second-order valence-corrected chi connectivity index (χ2v) is 4.43. The second-order valence-electron chi connectivity index (χ2n) is 4.43. The van der Waals surface area contributed by atoms with Crippen molar-refractivity contribution in [3.8, 4) is 5.75 Å². The van der Waals surface area contributed by atoms with Crippen molar-refractivity contribution in [2.24, 2.45) is 5.73 Å². The molecule has 0 aliphatic rings. The zero-order chi connectivity index (χ0) is 12.8. The van der Waals surface area contributed by atoms with Crippen molar-refractivity contribution in [3.05, 3.63) is 29.6 Å². The third-order valence-corrected chi connectivity index (χ3v) is 2.92. The van der Waals surface area contributed by atoms with Gasteiger partial charge in [0.05, 0.1) is 0 Å². The summed E-state index contributed by atoms with van der Waals surface area (Å²) in [4.78, 5) is 0. The van der Waals surface area contributed by atoms with Gasteiger partial charge in [-0.2, -0.15) is 0 Å². The molecule has 2 atom stereocenters. The van der Waals surface area contributed by atoms with Crippen LogP contribution in [0.4, 0.5) is 4.39 Å². The minimum absolute atomic E-state index is 0.000823. The van der Waals surface area contributed by atoms with Gasteiger partial charge >= 0.3 is 0 Å². The number of aryl methyl sites for hydroxylation is 1. The van der Waals surface area contributed by atoms with Gasteiger partial charge in [0, 0.05) is 6.04 Å². The van der Waals surface area contributed by atoms with E-state index in [0.29, 0.717) is 0 Å². The van der Waals surface area contributed by atoms with Crippen LogP contribution in [-0.4, -0.2) is 12.1 Å². The smallest absolute Gasteiger partial charge is 0.123 e. The summed E-state index contributed by atoms with van der Waals surface area (Å²) < 4.78 is 18.8. The first-order valence-corrected chi connectivity index (χ1v) is 6.26. The lowest BCUT2D eigenvalue weighted by atomic mass is 10.0. The first-order valence-electron chi connectivity index (χ1n) is 6.26. The molecule has 2 nitrogen and oxygen atoms in total. The first-order chi connectivity index (χ1) is 8.08. The molecule has 0 saturated carbocycles. The second kappa shape index (κ2) is 6.60. The van der Waals surface area contributed by atoms with Gasteiger partial charge in [-0.3, -0.25) is 0 Å². The Morgan fingerprint density at radius 2 is 2.06 bits per heavy atom. The van der Waals surface area contributed by atoms with E-state index in [1.54, 1.807) is 6.07 Å². The van der Waals surface area contributed by atoms with E-state index in [-0.39, 0.29) is 18.0 Å². The molecule has 1 rings (SSSR count). The Balaban J connectivity index is 2.73. The lowest BCUT2D eigenvalue weighted by Gasteiger charge is -2.24. The Labute approximate surface area is 103 Å². The van der Waals surface area contributed by atoms with E-state index in [1.165, 1.54) is 12.1 Å². The first kappa shape index (κ1) is 14.0. The largest absolute Gasteiger partial charge is 0.489 e. The lowest BCUT2D eigenvalue weighted by Crippen LogP contribution is -2.38. The van der Waals surface area contributed by atoms with Crippen LogP contribution in [0.2, 0.25) is 0 Å². The molecule has 2 N–H and O–H groups in total. The fourth-order valence-electron chi connectivity index (χ4n) is 1.90. The summed E-state index contributed by atoms with van der Waals surface area (Å²) in [5.74, 6) is 0.491. The number of ether oxygens (including phenoxy) is 1. The van der Waals surface area contributed by atoms with Gasteiger partial charge in [-0.25, -0.2) is 4.39 Å². The highest BCUT2D eigenvalue weighted by Gasteiger charge is 2.17. The van der Waals surface area contributed by atoms with Crippen LogP contribution in [0.15, 0.2) is 18.2 Å². The van der Waals surface area contributed by atoms with Crippen molar-refractivity contribution in [3.63, 3.8) is 0 Å². The topological polar surface area (TPSA) is 35.2 Å². The molecule has 17 heavy (non-hydrogen) atoms. The molecule has 0 heterocycles. The third-order valence-electron chi connectivity index (χ3n) is 2.92. The van der Waals surface area contributed by atoms with Gasteiger partial charge in [0.1, 0.15) is 17.7 Å². The van der Waals surface area contributed by atoms with Gasteiger partial charge in [0.15, 0.2) is 0 Å². The molecule has 0 amide bonds. The van der Waals surface area contributed by atoms with E-state index in [2.05, 4.69) is 13.8 Å². The normalized spacial score (nSPS) is 14.4. The van der Waals surface area contributed by atoms with Gasteiger partial charge in [-0.05, 0) is 43.5 Å². The summed E-state index contributed by atoms with van der Waals surface area (Å²) in [6.07, 6.45) is 2.85. The predicted octanol–water partition coefficient (Wildman–Crippen LogP) is 3.42. The molecule has 0 aliphatic carbocycles. The Kier molecular flexibility index (Phi) is 5.42. The van der Waals surface area contributed by atoms with E-state index < -0.39 is 0 Å². The highest BCUT2D eigenvalue weighted by Crippen LogP contribution is 2.21. The number of rotatable bonds is 6. The number of hydrogen-bond acceptors (Lipinski definition) is 2. The summed E-state index contributed by atoms with van der Waals surface area (Å²) in [5.41, 5.74) is 6.88. The van der Waals surface area contributed by atoms with E-state index >= 15 is 0 Å². The molecule has 1 aromatic carbocycles. The summed E-state index contributed by atoms with van der Waals surface area (Å²) in [6, 6.07) is 4.61. The highest BCUT2D eigenvalue weighted by atomic mass is 19.1. The number of nitrogens with two attached hydrogens (primary N) is 1. The average Bonchev–Trinajstić information content (AvgIpc) is 2.28. The standard InChI is InChI=1S/C14H22FNO/c1-4-6-12(16)13(5-2)17-14-8-7-11(15)9-10(14)3/h7-9,12-13H,4-6,16H2,1-3H3. The highest BCUT2D eigenvalue weighted by molar-refractivity contribution is 5.32. The van der Waals surface area contributed by atoms with Crippen LogP contribution < -0.4 is 10.5 Å². The van der Waals surface area contributed by atoms with Gasteiger partial charge in [0.25, 0.3) is 0 Å². The Morgan fingerprint density at radius 1 is 1.35 bits per heavy atom. The van der Waals surface area contributed by atoms with Crippen LogP contribution in [0.3, 0.4) is 0 Å². The number of benzene rings is 1. The molecule has 0 aliphatic heterocycles. The van der Waals surface area contributed by atoms with E-state index in [0.717, 1.165) is 30.6 Å². The van der Waals surface area contributed by atoms with E-state index in [1.807, 2.05) is 6.92 Å². The number of halogens is 1. The molecule has 0 radical (unpaired) electrons. The Bertz CT molecular complexity index is 354. The fraction of sp³-hybridized carbons (Fsp3) is 0.571. The van der Waals surface area contributed by atoms with Crippen molar-refractivity contribution >= 4 is 0 Å². The zero-order valence-corrected chi connectivity index (χ0v) is 10.9. The van der Waals surface area contributed by atoms with E-state index in [4.69, 9.17) is 10.5 Å². The molecular weight excluding hydrogens is 217 g/mol. The maximum absolute atomic E-state index is 13.0. The molecular formula is C14H22FNO. The van der Waals surface area contributed by atoms with Gasteiger partial charge < -0.3 is 10.5 Å². The Hall–Kier alpha value is -1.09. The van der Waals surface area contributed by atoms with Crippen molar-refractivity contribution < 1.29 is 9.13 Å². The van der Waals surface area contributed by atoms with Crippen LogP contribution in [0.1, 0.15) is 38.7 Å². The third kappa shape index (κ3) is 4.00. The molecule has 0 aromatic heterocycles. The molecule has 1 aromatic rings. The van der Waals surface area contributed by atoms with Gasteiger partial charge in [-0.15, -0.1) is 0 Å². The van der Waals surface area contributed by atoms with Crippen molar-refractivity contribution in [2.75, 3.05) is 0 Å². The summed E-state index contributed by atoms with van der Waals surface area (Å²) >= 11 is 0. The SMILES string of the molecule is CCCC(N)C(CC)Oc1ccc(F)cc1C.